The molecule has 82 valence electrons. The second-order valence-corrected chi connectivity index (χ2v) is 5.74. The summed E-state index contributed by atoms with van der Waals surface area (Å²) in [5.74, 6) is 1.88. The number of nitrogen functional groups attached to an aromatic ring is 1. The lowest BCUT2D eigenvalue weighted by atomic mass is 10.2. The van der Waals surface area contributed by atoms with Crippen LogP contribution in [0, 0.1) is 3.57 Å². The van der Waals surface area contributed by atoms with Crippen molar-refractivity contribution in [3.05, 3.63) is 21.0 Å². The first-order chi connectivity index (χ1) is 7.75. The Morgan fingerprint density at radius 3 is 2.81 bits per heavy atom. The summed E-state index contributed by atoms with van der Waals surface area (Å²) in [5, 5.41) is 0. The fourth-order valence-corrected chi connectivity index (χ4v) is 2.78. The Kier molecular flexibility index (Phi) is 2.55. The molecular weight excluding hydrogens is 335 g/mol. The number of aromatic nitrogens is 3. The van der Waals surface area contributed by atoms with Crippen LogP contribution in [-0.4, -0.2) is 15.0 Å². The van der Waals surface area contributed by atoms with E-state index in [2.05, 4.69) is 37.5 Å². The Labute approximate surface area is 110 Å². The quantitative estimate of drug-likeness (QED) is 0.851. The summed E-state index contributed by atoms with van der Waals surface area (Å²) >= 11 is 3.77. The highest BCUT2D eigenvalue weighted by Crippen LogP contribution is 2.42. The lowest BCUT2D eigenvalue weighted by Crippen LogP contribution is -2.03. The van der Waals surface area contributed by atoms with Gasteiger partial charge in [-0.05, 0) is 35.4 Å². The van der Waals surface area contributed by atoms with Crippen LogP contribution >= 0.6 is 33.9 Å². The number of nitrogens with zero attached hydrogens (tertiary/aromatic N) is 3. The lowest BCUT2D eigenvalue weighted by Gasteiger charge is -2.06. The molecule has 1 fully saturated rings. The first kappa shape index (κ1) is 10.4. The van der Waals surface area contributed by atoms with Gasteiger partial charge in [-0.25, -0.2) is 9.97 Å². The minimum atomic E-state index is 0.584. The minimum absolute atomic E-state index is 0.584. The molecule has 0 atom stereocenters. The van der Waals surface area contributed by atoms with Crippen LogP contribution in [0.4, 0.5) is 5.82 Å². The molecule has 0 bridgehead atoms. The fraction of sp³-hybridized carbons (Fsp3) is 0.300. The van der Waals surface area contributed by atoms with Gasteiger partial charge >= 0.3 is 0 Å². The first-order valence-electron chi connectivity index (χ1n) is 4.97. The van der Waals surface area contributed by atoms with Crippen molar-refractivity contribution in [2.75, 3.05) is 5.73 Å². The van der Waals surface area contributed by atoms with Gasteiger partial charge in [0.1, 0.15) is 5.82 Å². The van der Waals surface area contributed by atoms with E-state index in [9.17, 15) is 0 Å². The smallest absolute Gasteiger partial charge is 0.173 e. The molecule has 0 saturated heterocycles. The third-order valence-electron chi connectivity index (χ3n) is 2.52. The van der Waals surface area contributed by atoms with Crippen LogP contribution < -0.4 is 5.73 Å². The molecule has 1 aliphatic rings. The van der Waals surface area contributed by atoms with Crippen LogP contribution in [0.15, 0.2) is 11.7 Å². The van der Waals surface area contributed by atoms with Crippen molar-refractivity contribution in [3.8, 4) is 10.7 Å². The van der Waals surface area contributed by atoms with E-state index < -0.39 is 0 Å². The number of halogens is 1. The van der Waals surface area contributed by atoms with Crippen LogP contribution in [-0.2, 0) is 0 Å². The highest BCUT2D eigenvalue weighted by atomic mass is 127. The van der Waals surface area contributed by atoms with Crippen molar-refractivity contribution in [2.24, 2.45) is 0 Å². The molecular formula is C10H9IN4S. The van der Waals surface area contributed by atoms with E-state index in [0.717, 1.165) is 14.1 Å². The van der Waals surface area contributed by atoms with Crippen molar-refractivity contribution >= 4 is 39.7 Å². The highest BCUT2D eigenvalue weighted by Gasteiger charge is 2.29. The lowest BCUT2D eigenvalue weighted by molar-refractivity contribution is 0.984. The molecule has 0 radical (unpaired) electrons. The number of anilines is 1. The zero-order valence-corrected chi connectivity index (χ0v) is 11.3. The highest BCUT2D eigenvalue weighted by molar-refractivity contribution is 14.1. The maximum Gasteiger partial charge on any atom is 0.173 e. The number of hydrogen-bond donors (Lipinski definition) is 1. The second-order valence-electron chi connectivity index (χ2n) is 3.77. The number of thiazole rings is 1. The van der Waals surface area contributed by atoms with Crippen molar-refractivity contribution in [1.29, 1.82) is 0 Å². The molecule has 2 aromatic rings. The number of hydrogen-bond acceptors (Lipinski definition) is 5. The Morgan fingerprint density at radius 2 is 2.19 bits per heavy atom. The van der Waals surface area contributed by atoms with Crippen molar-refractivity contribution < 1.29 is 0 Å². The van der Waals surface area contributed by atoms with Crippen LogP contribution in [0.3, 0.4) is 0 Å². The van der Waals surface area contributed by atoms with Gasteiger partial charge in [-0.2, -0.15) is 0 Å². The van der Waals surface area contributed by atoms with Gasteiger partial charge in [0.2, 0.25) is 0 Å². The maximum atomic E-state index is 5.92. The molecule has 2 aromatic heterocycles. The van der Waals surface area contributed by atoms with Crippen molar-refractivity contribution in [2.45, 2.75) is 18.8 Å². The van der Waals surface area contributed by atoms with Crippen LogP contribution in [0.1, 0.15) is 24.5 Å². The fourth-order valence-electron chi connectivity index (χ4n) is 1.55. The zero-order valence-electron chi connectivity index (χ0n) is 8.35. The monoisotopic (exact) mass is 344 g/mol. The Morgan fingerprint density at radius 1 is 1.38 bits per heavy atom. The molecule has 16 heavy (non-hydrogen) atoms. The summed E-state index contributed by atoms with van der Waals surface area (Å²) in [6.45, 7) is 0. The Balaban J connectivity index is 2.13. The third kappa shape index (κ3) is 1.80. The molecule has 0 unspecified atom stereocenters. The van der Waals surface area contributed by atoms with Gasteiger partial charge in [-0.1, -0.05) is 0 Å². The van der Waals surface area contributed by atoms with E-state index in [1.54, 1.807) is 11.7 Å². The van der Waals surface area contributed by atoms with E-state index in [1.165, 1.54) is 24.2 Å². The van der Waals surface area contributed by atoms with E-state index in [4.69, 9.17) is 5.73 Å². The largest absolute Gasteiger partial charge is 0.383 e. The van der Waals surface area contributed by atoms with Crippen molar-refractivity contribution in [3.63, 3.8) is 0 Å². The molecule has 2 heterocycles. The van der Waals surface area contributed by atoms with Gasteiger partial charge in [0.15, 0.2) is 5.82 Å². The van der Waals surface area contributed by atoms with E-state index in [0.29, 0.717) is 17.6 Å². The van der Waals surface area contributed by atoms with Gasteiger partial charge in [0, 0.05) is 12.1 Å². The van der Waals surface area contributed by atoms with Crippen LogP contribution in [0.25, 0.3) is 10.7 Å². The summed E-state index contributed by atoms with van der Waals surface area (Å²) in [6.07, 6.45) is 4.21. The summed E-state index contributed by atoms with van der Waals surface area (Å²) < 4.78 is 1.01. The molecule has 4 nitrogen and oxygen atoms in total. The van der Waals surface area contributed by atoms with Crippen LogP contribution in [0.2, 0.25) is 0 Å². The van der Waals surface area contributed by atoms with Crippen LogP contribution in [0.5, 0.6) is 0 Å². The van der Waals surface area contributed by atoms with Gasteiger partial charge in [0.05, 0.1) is 19.7 Å². The minimum Gasteiger partial charge on any atom is -0.383 e. The van der Waals surface area contributed by atoms with E-state index in [1.807, 2.05) is 0 Å². The predicted molar refractivity (Wildman–Crippen MR) is 72.2 cm³/mol. The average molecular weight is 344 g/mol. The third-order valence-corrected chi connectivity index (χ3v) is 4.39. The van der Waals surface area contributed by atoms with E-state index in [-0.39, 0.29) is 0 Å². The SMILES string of the molecule is Nc1nc(-c2cncs2)nc(C2CC2)c1I. The molecule has 0 amide bonds. The van der Waals surface area contributed by atoms with Gasteiger partial charge in [0.25, 0.3) is 0 Å². The molecule has 0 spiro atoms. The van der Waals surface area contributed by atoms with Crippen molar-refractivity contribution in [1.82, 2.24) is 15.0 Å². The molecule has 3 rings (SSSR count). The van der Waals surface area contributed by atoms with Gasteiger partial charge < -0.3 is 5.73 Å². The molecule has 0 aliphatic heterocycles. The Hall–Kier alpha value is -0.760. The van der Waals surface area contributed by atoms with Gasteiger partial charge in [-0.3, -0.25) is 4.98 Å². The molecule has 1 saturated carbocycles. The summed E-state index contributed by atoms with van der Waals surface area (Å²) in [7, 11) is 0. The van der Waals surface area contributed by atoms with E-state index >= 15 is 0 Å². The number of rotatable bonds is 2. The molecule has 1 aliphatic carbocycles. The maximum absolute atomic E-state index is 5.92. The zero-order chi connectivity index (χ0) is 11.1. The normalized spacial score (nSPS) is 15.3. The molecule has 0 aromatic carbocycles. The summed E-state index contributed by atoms with van der Waals surface area (Å²) in [6, 6.07) is 0. The van der Waals surface area contributed by atoms with Gasteiger partial charge in [-0.15, -0.1) is 11.3 Å². The Bertz CT molecular complexity index is 522. The summed E-state index contributed by atoms with van der Waals surface area (Å²) in [4.78, 5) is 13.9. The summed E-state index contributed by atoms with van der Waals surface area (Å²) in [5.41, 5.74) is 8.81. The first-order valence-corrected chi connectivity index (χ1v) is 6.93. The topological polar surface area (TPSA) is 64.7 Å². The molecule has 2 N–H and O–H groups in total. The second kappa shape index (κ2) is 3.92. The predicted octanol–water partition coefficient (Wildman–Crippen LogP) is 2.66. The average Bonchev–Trinajstić information content (AvgIpc) is 2.96. The number of nitrogens with two attached hydrogens (primary N) is 1. The standard InChI is InChI=1S/C10H9IN4S/c11-7-8(5-1-2-5)14-10(15-9(7)12)6-3-13-4-16-6/h3-5H,1-2H2,(H2,12,14,15). The molecule has 6 heteroatoms.